The van der Waals surface area contributed by atoms with Gasteiger partial charge >= 0.3 is 0 Å². The maximum atomic E-state index is 11.5. The fourth-order valence-electron chi connectivity index (χ4n) is 2.34. The van der Waals surface area contributed by atoms with Crippen LogP contribution in [0.25, 0.3) is 0 Å². The first-order valence-corrected chi connectivity index (χ1v) is 7.40. The second-order valence-electron chi connectivity index (χ2n) is 5.79. The largest absolute Gasteiger partial charge is 0.353 e. The molecule has 3 heteroatoms. The molecule has 0 spiro atoms. The second-order valence-corrected chi connectivity index (χ2v) is 5.79. The zero-order valence-electron chi connectivity index (χ0n) is 11.3. The Morgan fingerprint density at radius 3 is 2.79 bits per heavy atom. The molecule has 3 nitrogen and oxygen atoms in total. The molecule has 0 radical (unpaired) electrons. The van der Waals surface area contributed by atoms with E-state index in [0.717, 1.165) is 31.8 Å². The molecule has 1 aromatic carbocycles. The molecule has 0 unspecified atom stereocenters. The summed E-state index contributed by atoms with van der Waals surface area (Å²) in [5.74, 6) is 0.992. The molecule has 0 atom stereocenters. The summed E-state index contributed by atoms with van der Waals surface area (Å²) in [4.78, 5) is 11.5. The van der Waals surface area contributed by atoms with Gasteiger partial charge in [-0.05, 0) is 42.7 Å². The molecular weight excluding hydrogens is 236 g/mol. The van der Waals surface area contributed by atoms with Crippen LogP contribution < -0.4 is 10.6 Å². The number of carbonyl (C=O) groups excluding carboxylic acids is 1. The van der Waals surface area contributed by atoms with Gasteiger partial charge < -0.3 is 10.6 Å². The first-order chi connectivity index (χ1) is 9.31. The van der Waals surface area contributed by atoms with Crippen LogP contribution in [0.2, 0.25) is 0 Å². The van der Waals surface area contributed by atoms with Gasteiger partial charge in [0.05, 0.1) is 0 Å². The first-order valence-electron chi connectivity index (χ1n) is 7.40. The Bertz CT molecular complexity index is 450. The predicted molar refractivity (Wildman–Crippen MR) is 75.9 cm³/mol. The zero-order valence-corrected chi connectivity index (χ0v) is 11.3. The van der Waals surface area contributed by atoms with Gasteiger partial charge in [0.25, 0.3) is 0 Å². The highest BCUT2D eigenvalue weighted by Crippen LogP contribution is 2.40. The van der Waals surface area contributed by atoms with E-state index in [1.807, 2.05) is 0 Å². The lowest BCUT2D eigenvalue weighted by Gasteiger charge is -2.07. The molecule has 19 heavy (non-hydrogen) atoms. The summed E-state index contributed by atoms with van der Waals surface area (Å²) < 4.78 is 0. The van der Waals surface area contributed by atoms with Crippen molar-refractivity contribution in [1.29, 1.82) is 0 Å². The normalized spacial score (nSPS) is 18.3. The molecule has 2 fully saturated rings. The van der Waals surface area contributed by atoms with E-state index in [4.69, 9.17) is 0 Å². The first kappa shape index (κ1) is 12.7. The van der Waals surface area contributed by atoms with Gasteiger partial charge in [0, 0.05) is 25.6 Å². The third-order valence-electron chi connectivity index (χ3n) is 3.80. The van der Waals surface area contributed by atoms with Crippen molar-refractivity contribution >= 4 is 5.91 Å². The molecule has 0 heterocycles. The Balaban J connectivity index is 1.36. The summed E-state index contributed by atoms with van der Waals surface area (Å²) >= 11 is 0. The summed E-state index contributed by atoms with van der Waals surface area (Å²) in [5, 5.41) is 6.36. The Hall–Kier alpha value is -1.35. The maximum absolute atomic E-state index is 11.5. The minimum Gasteiger partial charge on any atom is -0.353 e. The van der Waals surface area contributed by atoms with Crippen molar-refractivity contribution in [3.63, 3.8) is 0 Å². The lowest BCUT2D eigenvalue weighted by molar-refractivity contribution is -0.121. The third-order valence-corrected chi connectivity index (χ3v) is 3.80. The van der Waals surface area contributed by atoms with Crippen molar-refractivity contribution in [3.8, 4) is 0 Å². The fraction of sp³-hybridized carbons (Fsp3) is 0.562. The van der Waals surface area contributed by atoms with Crippen molar-refractivity contribution in [2.75, 3.05) is 6.54 Å². The molecule has 1 amide bonds. The van der Waals surface area contributed by atoms with Crippen molar-refractivity contribution in [2.24, 2.45) is 0 Å². The number of nitrogens with one attached hydrogen (secondary N) is 2. The van der Waals surface area contributed by atoms with Gasteiger partial charge in [0.1, 0.15) is 0 Å². The van der Waals surface area contributed by atoms with E-state index in [1.54, 1.807) is 0 Å². The molecule has 0 bridgehead atoms. The number of hydrogen-bond acceptors (Lipinski definition) is 2. The SMILES string of the molecule is O=C(CCNCc1cccc(C2CC2)c1)NC1CC1. The van der Waals surface area contributed by atoms with Gasteiger partial charge in [-0.2, -0.15) is 0 Å². The Morgan fingerprint density at radius 2 is 2.05 bits per heavy atom. The van der Waals surface area contributed by atoms with Gasteiger partial charge in [-0.1, -0.05) is 24.3 Å². The third kappa shape index (κ3) is 4.06. The van der Waals surface area contributed by atoms with E-state index >= 15 is 0 Å². The van der Waals surface area contributed by atoms with Crippen LogP contribution in [0, 0.1) is 0 Å². The summed E-state index contributed by atoms with van der Waals surface area (Å²) in [6.07, 6.45) is 5.59. The highest BCUT2D eigenvalue weighted by molar-refractivity contribution is 5.76. The average Bonchev–Trinajstić information content (AvgIpc) is 3.27. The van der Waals surface area contributed by atoms with Crippen LogP contribution in [0.3, 0.4) is 0 Å². The molecule has 0 saturated heterocycles. The van der Waals surface area contributed by atoms with Crippen LogP contribution in [0.5, 0.6) is 0 Å². The summed E-state index contributed by atoms with van der Waals surface area (Å²) in [7, 11) is 0. The molecular formula is C16H22N2O. The van der Waals surface area contributed by atoms with Crippen molar-refractivity contribution in [2.45, 2.75) is 50.6 Å². The summed E-state index contributed by atoms with van der Waals surface area (Å²) in [5.41, 5.74) is 2.80. The Labute approximate surface area is 114 Å². The van der Waals surface area contributed by atoms with Crippen molar-refractivity contribution in [1.82, 2.24) is 10.6 Å². The van der Waals surface area contributed by atoms with Gasteiger partial charge in [-0.3, -0.25) is 4.79 Å². The maximum Gasteiger partial charge on any atom is 0.221 e. The predicted octanol–water partition coefficient (Wildman–Crippen LogP) is 2.32. The number of rotatable bonds is 7. The second kappa shape index (κ2) is 5.74. The number of benzene rings is 1. The van der Waals surface area contributed by atoms with Gasteiger partial charge in [-0.25, -0.2) is 0 Å². The van der Waals surface area contributed by atoms with E-state index < -0.39 is 0 Å². The van der Waals surface area contributed by atoms with Crippen LogP contribution in [-0.2, 0) is 11.3 Å². The standard InChI is InChI=1S/C16H22N2O/c19-16(18-15-6-7-15)8-9-17-11-12-2-1-3-14(10-12)13-4-5-13/h1-3,10,13,15,17H,4-9,11H2,(H,18,19). The fourth-order valence-corrected chi connectivity index (χ4v) is 2.34. The zero-order chi connectivity index (χ0) is 13.1. The molecule has 0 aromatic heterocycles. The van der Waals surface area contributed by atoms with Gasteiger partial charge in [-0.15, -0.1) is 0 Å². The van der Waals surface area contributed by atoms with Gasteiger partial charge in [0.2, 0.25) is 5.91 Å². The molecule has 0 aliphatic heterocycles. The van der Waals surface area contributed by atoms with Gasteiger partial charge in [0.15, 0.2) is 0 Å². The van der Waals surface area contributed by atoms with Crippen LogP contribution >= 0.6 is 0 Å². The Morgan fingerprint density at radius 1 is 1.21 bits per heavy atom. The number of carbonyl (C=O) groups is 1. The molecule has 2 saturated carbocycles. The summed E-state index contributed by atoms with van der Waals surface area (Å²) in [6, 6.07) is 9.30. The van der Waals surface area contributed by atoms with Crippen LogP contribution in [-0.4, -0.2) is 18.5 Å². The topological polar surface area (TPSA) is 41.1 Å². The summed E-state index contributed by atoms with van der Waals surface area (Å²) in [6.45, 7) is 1.61. The van der Waals surface area contributed by atoms with Crippen LogP contribution in [0.15, 0.2) is 24.3 Å². The van der Waals surface area contributed by atoms with Crippen LogP contribution in [0.4, 0.5) is 0 Å². The van der Waals surface area contributed by atoms with E-state index in [-0.39, 0.29) is 5.91 Å². The van der Waals surface area contributed by atoms with E-state index in [1.165, 1.54) is 24.0 Å². The molecule has 2 N–H and O–H groups in total. The molecule has 2 aliphatic rings. The minimum atomic E-state index is 0.182. The quantitative estimate of drug-likeness (QED) is 0.737. The average molecular weight is 258 g/mol. The van der Waals surface area contributed by atoms with E-state index in [9.17, 15) is 4.79 Å². The molecule has 1 aromatic rings. The highest BCUT2D eigenvalue weighted by atomic mass is 16.1. The van der Waals surface area contributed by atoms with Crippen LogP contribution in [0.1, 0.15) is 49.1 Å². The lowest BCUT2D eigenvalue weighted by Crippen LogP contribution is -2.29. The number of hydrogen-bond donors (Lipinski definition) is 2. The van der Waals surface area contributed by atoms with E-state index in [2.05, 4.69) is 34.9 Å². The Kier molecular flexibility index (Phi) is 3.83. The molecule has 102 valence electrons. The highest BCUT2D eigenvalue weighted by Gasteiger charge is 2.23. The molecule has 2 aliphatic carbocycles. The smallest absolute Gasteiger partial charge is 0.221 e. The number of amides is 1. The monoisotopic (exact) mass is 258 g/mol. The molecule has 3 rings (SSSR count). The lowest BCUT2D eigenvalue weighted by atomic mass is 10.1. The van der Waals surface area contributed by atoms with E-state index in [0.29, 0.717) is 12.5 Å². The van der Waals surface area contributed by atoms with Crippen molar-refractivity contribution < 1.29 is 4.79 Å². The minimum absolute atomic E-state index is 0.182. The van der Waals surface area contributed by atoms with Crippen molar-refractivity contribution in [3.05, 3.63) is 35.4 Å².